The molecule has 4 heteroatoms. The van der Waals surface area contributed by atoms with Gasteiger partial charge >= 0.3 is 0 Å². The molecule has 88 valence electrons. The topological polar surface area (TPSA) is 29.1 Å². The van der Waals surface area contributed by atoms with Crippen molar-refractivity contribution in [3.63, 3.8) is 0 Å². The van der Waals surface area contributed by atoms with Gasteiger partial charge in [-0.05, 0) is 38.5 Å². The van der Waals surface area contributed by atoms with Crippen LogP contribution < -0.4 is 5.32 Å². The number of carbonyl (C=O) groups excluding carboxylic acids is 1. The molecule has 0 saturated heterocycles. The summed E-state index contributed by atoms with van der Waals surface area (Å²) in [4.78, 5) is 11.8. The second kappa shape index (κ2) is 4.95. The van der Waals surface area contributed by atoms with Crippen molar-refractivity contribution in [2.75, 3.05) is 5.33 Å². The van der Waals surface area contributed by atoms with Crippen molar-refractivity contribution in [1.29, 1.82) is 0 Å². The molecule has 0 bridgehead atoms. The van der Waals surface area contributed by atoms with Crippen LogP contribution in [0.4, 0.5) is 4.39 Å². The monoisotopic (exact) mass is 287 g/mol. The summed E-state index contributed by atoms with van der Waals surface area (Å²) in [6.45, 7) is 5.45. The molecule has 0 aromatic heterocycles. The third-order valence-electron chi connectivity index (χ3n) is 2.22. The number of nitrogens with one attached hydrogen (secondary N) is 1. The third-order valence-corrected chi connectivity index (χ3v) is 3.62. The van der Waals surface area contributed by atoms with Gasteiger partial charge in [0.15, 0.2) is 0 Å². The Labute approximate surface area is 103 Å². The van der Waals surface area contributed by atoms with Crippen LogP contribution in [-0.2, 0) is 0 Å². The molecule has 0 unspecified atom stereocenters. The molecule has 0 fully saturated rings. The van der Waals surface area contributed by atoms with Crippen LogP contribution in [0.3, 0.4) is 0 Å². The zero-order valence-electron chi connectivity index (χ0n) is 9.60. The van der Waals surface area contributed by atoms with Crippen LogP contribution in [0.25, 0.3) is 0 Å². The van der Waals surface area contributed by atoms with Gasteiger partial charge in [-0.25, -0.2) is 4.39 Å². The lowest BCUT2D eigenvalue weighted by Crippen LogP contribution is -2.44. The van der Waals surface area contributed by atoms with Gasteiger partial charge in [0.25, 0.3) is 5.91 Å². The molecule has 0 aliphatic carbocycles. The second-order valence-electron chi connectivity index (χ2n) is 4.44. The van der Waals surface area contributed by atoms with E-state index in [0.717, 1.165) is 0 Å². The van der Waals surface area contributed by atoms with Crippen LogP contribution in [-0.4, -0.2) is 16.8 Å². The Morgan fingerprint density at radius 1 is 1.50 bits per heavy atom. The number of amides is 1. The van der Waals surface area contributed by atoms with E-state index in [1.807, 2.05) is 13.8 Å². The smallest absolute Gasteiger partial charge is 0.251 e. The minimum atomic E-state index is -0.357. The van der Waals surface area contributed by atoms with Gasteiger partial charge in [-0.2, -0.15) is 0 Å². The van der Waals surface area contributed by atoms with Crippen molar-refractivity contribution in [3.05, 3.63) is 35.1 Å². The van der Waals surface area contributed by atoms with Gasteiger partial charge in [0.1, 0.15) is 5.82 Å². The number of halogens is 2. The average Bonchev–Trinajstić information content (AvgIpc) is 2.21. The quantitative estimate of drug-likeness (QED) is 0.851. The first kappa shape index (κ1) is 13.2. The summed E-state index contributed by atoms with van der Waals surface area (Å²) in [5.41, 5.74) is 0.534. The first-order valence-corrected chi connectivity index (χ1v) is 6.12. The van der Waals surface area contributed by atoms with E-state index in [1.54, 1.807) is 19.1 Å². The van der Waals surface area contributed by atoms with Gasteiger partial charge in [0.2, 0.25) is 0 Å². The van der Waals surface area contributed by atoms with Crippen LogP contribution in [0.1, 0.15) is 29.8 Å². The van der Waals surface area contributed by atoms with Gasteiger partial charge in [-0.15, -0.1) is 0 Å². The van der Waals surface area contributed by atoms with E-state index in [-0.39, 0.29) is 17.3 Å². The predicted octanol–water partition coefficient (Wildman–Crippen LogP) is 3.04. The highest BCUT2D eigenvalue weighted by molar-refractivity contribution is 9.09. The van der Waals surface area contributed by atoms with E-state index in [1.165, 1.54) is 6.07 Å². The standard InChI is InChI=1S/C12H15BrFNO/c1-8-4-5-9(6-10(8)14)11(16)15-12(2,3)7-13/h4-6H,7H2,1-3H3,(H,15,16). The zero-order valence-corrected chi connectivity index (χ0v) is 11.2. The molecule has 1 aromatic carbocycles. The largest absolute Gasteiger partial charge is 0.346 e. The minimum absolute atomic E-state index is 0.261. The van der Waals surface area contributed by atoms with E-state index in [2.05, 4.69) is 21.2 Å². The summed E-state index contributed by atoms with van der Waals surface area (Å²) in [5.74, 6) is -0.618. The molecule has 0 saturated carbocycles. The number of carbonyl (C=O) groups is 1. The molecule has 0 atom stereocenters. The second-order valence-corrected chi connectivity index (χ2v) is 5.00. The van der Waals surface area contributed by atoms with E-state index in [9.17, 15) is 9.18 Å². The van der Waals surface area contributed by atoms with E-state index in [0.29, 0.717) is 16.5 Å². The minimum Gasteiger partial charge on any atom is -0.346 e. The van der Waals surface area contributed by atoms with E-state index in [4.69, 9.17) is 0 Å². The summed E-state index contributed by atoms with van der Waals surface area (Å²) in [6, 6.07) is 4.48. The third kappa shape index (κ3) is 3.30. The first-order chi connectivity index (χ1) is 7.35. The number of hydrogen-bond acceptors (Lipinski definition) is 1. The van der Waals surface area contributed by atoms with Crippen LogP contribution in [0.2, 0.25) is 0 Å². The number of aryl methyl sites for hydroxylation is 1. The molecule has 0 heterocycles. The SMILES string of the molecule is Cc1ccc(C(=O)NC(C)(C)CBr)cc1F. The Morgan fingerprint density at radius 2 is 2.12 bits per heavy atom. The van der Waals surface area contributed by atoms with Crippen LogP contribution in [0.5, 0.6) is 0 Å². The van der Waals surface area contributed by atoms with Crippen molar-refractivity contribution < 1.29 is 9.18 Å². The lowest BCUT2D eigenvalue weighted by atomic mass is 10.1. The zero-order chi connectivity index (χ0) is 12.3. The number of alkyl halides is 1. The average molecular weight is 288 g/mol. The highest BCUT2D eigenvalue weighted by Gasteiger charge is 2.19. The van der Waals surface area contributed by atoms with Crippen molar-refractivity contribution in [1.82, 2.24) is 5.32 Å². The highest BCUT2D eigenvalue weighted by Crippen LogP contribution is 2.12. The molecule has 0 radical (unpaired) electrons. The molecule has 1 amide bonds. The summed E-state index contributed by atoms with van der Waals surface area (Å²) in [5, 5.41) is 3.46. The molecule has 1 N–H and O–H groups in total. The molecule has 0 aliphatic rings. The van der Waals surface area contributed by atoms with E-state index >= 15 is 0 Å². The lowest BCUT2D eigenvalue weighted by Gasteiger charge is -2.23. The maximum atomic E-state index is 13.3. The molecule has 0 spiro atoms. The molecule has 1 aromatic rings. The number of rotatable bonds is 3. The van der Waals surface area contributed by atoms with Crippen LogP contribution in [0.15, 0.2) is 18.2 Å². The predicted molar refractivity (Wildman–Crippen MR) is 66.5 cm³/mol. The Kier molecular flexibility index (Phi) is 4.08. The van der Waals surface area contributed by atoms with Gasteiger partial charge in [0.05, 0.1) is 0 Å². The Bertz CT molecular complexity index is 404. The van der Waals surface area contributed by atoms with Gasteiger partial charge in [0, 0.05) is 16.4 Å². The number of hydrogen-bond donors (Lipinski definition) is 1. The fourth-order valence-corrected chi connectivity index (χ4v) is 1.29. The first-order valence-electron chi connectivity index (χ1n) is 5.00. The molecular weight excluding hydrogens is 273 g/mol. The molecular formula is C12H15BrFNO. The normalized spacial score (nSPS) is 11.3. The van der Waals surface area contributed by atoms with Crippen LogP contribution in [0, 0.1) is 12.7 Å². The van der Waals surface area contributed by atoms with Crippen molar-refractivity contribution in [2.45, 2.75) is 26.3 Å². The maximum Gasteiger partial charge on any atom is 0.251 e. The molecule has 2 nitrogen and oxygen atoms in total. The molecule has 16 heavy (non-hydrogen) atoms. The summed E-state index contributed by atoms with van der Waals surface area (Å²) >= 11 is 3.31. The van der Waals surface area contributed by atoms with Crippen LogP contribution >= 0.6 is 15.9 Å². The summed E-state index contributed by atoms with van der Waals surface area (Å²) in [7, 11) is 0. The number of benzene rings is 1. The van der Waals surface area contributed by atoms with E-state index < -0.39 is 0 Å². The highest BCUT2D eigenvalue weighted by atomic mass is 79.9. The van der Waals surface area contributed by atoms with Crippen molar-refractivity contribution >= 4 is 21.8 Å². The van der Waals surface area contributed by atoms with Crippen molar-refractivity contribution in [2.24, 2.45) is 0 Å². The Hall–Kier alpha value is -0.900. The van der Waals surface area contributed by atoms with Gasteiger partial charge < -0.3 is 5.32 Å². The van der Waals surface area contributed by atoms with Crippen molar-refractivity contribution in [3.8, 4) is 0 Å². The molecule has 1 rings (SSSR count). The Morgan fingerprint density at radius 3 is 2.62 bits per heavy atom. The Balaban J connectivity index is 2.85. The summed E-state index contributed by atoms with van der Waals surface area (Å²) in [6.07, 6.45) is 0. The molecule has 0 aliphatic heterocycles. The van der Waals surface area contributed by atoms with Gasteiger partial charge in [-0.1, -0.05) is 22.0 Å². The van der Waals surface area contributed by atoms with Gasteiger partial charge in [-0.3, -0.25) is 4.79 Å². The summed E-state index contributed by atoms with van der Waals surface area (Å²) < 4.78 is 13.3. The fraction of sp³-hybridized carbons (Fsp3) is 0.417. The lowest BCUT2D eigenvalue weighted by molar-refractivity contribution is 0.0921. The maximum absolute atomic E-state index is 13.3. The fourth-order valence-electron chi connectivity index (χ4n) is 1.15.